The zero-order valence-corrected chi connectivity index (χ0v) is 11.7. The molecule has 0 bridgehead atoms. The Morgan fingerprint density at radius 2 is 2.24 bits per heavy atom. The lowest BCUT2D eigenvalue weighted by Gasteiger charge is -2.36. The molecule has 2 saturated heterocycles. The molecule has 2 fully saturated rings. The molecule has 17 heavy (non-hydrogen) atoms. The van der Waals surface area contributed by atoms with Crippen LogP contribution in [0.3, 0.4) is 0 Å². The van der Waals surface area contributed by atoms with Crippen LogP contribution >= 0.6 is 11.8 Å². The summed E-state index contributed by atoms with van der Waals surface area (Å²) in [6, 6.07) is 0.406. The summed E-state index contributed by atoms with van der Waals surface area (Å²) in [5, 5.41) is 6.63. The molecule has 4 heteroatoms. The molecule has 0 spiro atoms. The summed E-state index contributed by atoms with van der Waals surface area (Å²) in [7, 11) is 0. The Bertz CT molecular complexity index is 269. The van der Waals surface area contributed by atoms with Crippen LogP contribution in [0.1, 0.15) is 33.1 Å². The van der Waals surface area contributed by atoms with E-state index >= 15 is 0 Å². The van der Waals surface area contributed by atoms with E-state index in [1.165, 1.54) is 18.6 Å². The molecule has 0 aromatic rings. The van der Waals surface area contributed by atoms with Crippen LogP contribution < -0.4 is 10.6 Å². The van der Waals surface area contributed by atoms with Gasteiger partial charge in [-0.1, -0.05) is 13.8 Å². The molecule has 2 unspecified atom stereocenters. The number of amides is 1. The second-order valence-corrected chi connectivity index (χ2v) is 6.95. The van der Waals surface area contributed by atoms with E-state index < -0.39 is 0 Å². The van der Waals surface area contributed by atoms with Gasteiger partial charge in [-0.25, -0.2) is 0 Å². The van der Waals surface area contributed by atoms with Gasteiger partial charge in [0.1, 0.15) is 0 Å². The molecule has 2 atom stereocenters. The minimum atomic E-state index is -0.235. The predicted octanol–water partition coefficient (Wildman–Crippen LogP) is 1.63. The van der Waals surface area contributed by atoms with Crippen molar-refractivity contribution >= 4 is 17.7 Å². The standard InChI is InChI=1S/C13H24N2OS/c1-13(2,10-4-3-6-14-8-10)12(16)15-11-5-7-17-9-11/h10-11,14H,3-9H2,1-2H3,(H,15,16). The van der Waals surface area contributed by atoms with E-state index in [9.17, 15) is 4.79 Å². The number of rotatable bonds is 3. The third-order valence-electron chi connectivity index (χ3n) is 4.17. The average molecular weight is 256 g/mol. The van der Waals surface area contributed by atoms with Crippen molar-refractivity contribution in [2.45, 2.75) is 39.2 Å². The van der Waals surface area contributed by atoms with Crippen molar-refractivity contribution in [1.29, 1.82) is 0 Å². The van der Waals surface area contributed by atoms with Crippen LogP contribution in [-0.4, -0.2) is 36.5 Å². The van der Waals surface area contributed by atoms with Gasteiger partial charge in [-0.05, 0) is 44.0 Å². The van der Waals surface area contributed by atoms with Gasteiger partial charge in [-0.2, -0.15) is 11.8 Å². The molecule has 0 aliphatic carbocycles. The first kappa shape index (κ1) is 13.2. The maximum absolute atomic E-state index is 12.4. The van der Waals surface area contributed by atoms with Crippen molar-refractivity contribution in [3.63, 3.8) is 0 Å². The average Bonchev–Trinajstić information content (AvgIpc) is 2.83. The molecule has 1 amide bonds. The quantitative estimate of drug-likeness (QED) is 0.806. The van der Waals surface area contributed by atoms with Crippen LogP contribution in [0.25, 0.3) is 0 Å². The van der Waals surface area contributed by atoms with Crippen LogP contribution in [0.5, 0.6) is 0 Å². The fraction of sp³-hybridized carbons (Fsp3) is 0.923. The van der Waals surface area contributed by atoms with Gasteiger partial charge in [0.25, 0.3) is 0 Å². The summed E-state index contributed by atoms with van der Waals surface area (Å²) in [6.07, 6.45) is 3.50. The van der Waals surface area contributed by atoms with Crippen LogP contribution in [0, 0.1) is 11.3 Å². The highest BCUT2D eigenvalue weighted by atomic mass is 32.2. The lowest BCUT2D eigenvalue weighted by Crippen LogP contribution is -2.49. The Kier molecular flexibility index (Phi) is 4.36. The molecule has 0 aromatic heterocycles. The molecule has 2 aliphatic rings. The van der Waals surface area contributed by atoms with Gasteiger partial charge in [0.05, 0.1) is 0 Å². The molecule has 3 nitrogen and oxygen atoms in total. The molecule has 2 heterocycles. The number of hydrogen-bond acceptors (Lipinski definition) is 3. The molecule has 2 aliphatic heterocycles. The summed E-state index contributed by atoms with van der Waals surface area (Å²) in [6.45, 7) is 6.29. The fourth-order valence-corrected chi connectivity index (χ4v) is 3.83. The fourth-order valence-electron chi connectivity index (χ4n) is 2.67. The van der Waals surface area contributed by atoms with Crippen molar-refractivity contribution in [2.75, 3.05) is 24.6 Å². The van der Waals surface area contributed by atoms with E-state index in [0.29, 0.717) is 12.0 Å². The van der Waals surface area contributed by atoms with E-state index in [2.05, 4.69) is 24.5 Å². The molecular formula is C13H24N2OS. The number of thioether (sulfide) groups is 1. The number of carbonyl (C=O) groups excluding carboxylic acids is 1. The molecule has 98 valence electrons. The van der Waals surface area contributed by atoms with Gasteiger partial charge in [0.15, 0.2) is 0 Å². The van der Waals surface area contributed by atoms with Crippen LogP contribution in [0.4, 0.5) is 0 Å². The first-order valence-electron chi connectivity index (χ1n) is 6.70. The van der Waals surface area contributed by atoms with Crippen LogP contribution in [0.15, 0.2) is 0 Å². The van der Waals surface area contributed by atoms with Crippen LogP contribution in [0.2, 0.25) is 0 Å². The molecule has 2 N–H and O–H groups in total. The van der Waals surface area contributed by atoms with Gasteiger partial charge < -0.3 is 10.6 Å². The van der Waals surface area contributed by atoms with Gasteiger partial charge in [-0.3, -0.25) is 4.79 Å². The summed E-state index contributed by atoms with van der Waals surface area (Å²) >= 11 is 1.94. The second kappa shape index (κ2) is 5.61. The zero-order chi connectivity index (χ0) is 12.3. The largest absolute Gasteiger partial charge is 0.352 e. The number of piperidine rings is 1. The molecule has 2 rings (SSSR count). The van der Waals surface area contributed by atoms with Crippen molar-refractivity contribution < 1.29 is 4.79 Å². The van der Waals surface area contributed by atoms with Gasteiger partial charge >= 0.3 is 0 Å². The molecule has 0 saturated carbocycles. The molecule has 0 radical (unpaired) electrons. The topological polar surface area (TPSA) is 41.1 Å². The summed E-state index contributed by atoms with van der Waals surface area (Å²) < 4.78 is 0. The Labute approximate surface area is 108 Å². The number of carbonyl (C=O) groups is 1. The smallest absolute Gasteiger partial charge is 0.226 e. The molecular weight excluding hydrogens is 232 g/mol. The van der Waals surface area contributed by atoms with Gasteiger partial charge in [0, 0.05) is 17.2 Å². The van der Waals surface area contributed by atoms with Gasteiger partial charge in [0.2, 0.25) is 5.91 Å². The van der Waals surface area contributed by atoms with E-state index in [1.54, 1.807) is 0 Å². The minimum Gasteiger partial charge on any atom is -0.352 e. The highest BCUT2D eigenvalue weighted by molar-refractivity contribution is 7.99. The highest BCUT2D eigenvalue weighted by Crippen LogP contribution is 2.32. The summed E-state index contributed by atoms with van der Waals surface area (Å²) in [4.78, 5) is 12.4. The Morgan fingerprint density at radius 3 is 2.82 bits per heavy atom. The first-order valence-corrected chi connectivity index (χ1v) is 7.85. The maximum atomic E-state index is 12.4. The van der Waals surface area contributed by atoms with Crippen molar-refractivity contribution in [3.8, 4) is 0 Å². The van der Waals surface area contributed by atoms with E-state index in [1.807, 2.05) is 11.8 Å². The Morgan fingerprint density at radius 1 is 1.41 bits per heavy atom. The minimum absolute atomic E-state index is 0.235. The lowest BCUT2D eigenvalue weighted by atomic mass is 9.74. The third-order valence-corrected chi connectivity index (χ3v) is 5.33. The highest BCUT2D eigenvalue weighted by Gasteiger charge is 2.38. The SMILES string of the molecule is CC(C)(C(=O)NC1CCSC1)C1CCCNC1. The summed E-state index contributed by atoms with van der Waals surface area (Å²) in [5.41, 5.74) is -0.235. The summed E-state index contributed by atoms with van der Waals surface area (Å²) in [5.74, 6) is 3.00. The lowest BCUT2D eigenvalue weighted by molar-refractivity contribution is -0.133. The zero-order valence-electron chi connectivity index (χ0n) is 10.9. The predicted molar refractivity (Wildman–Crippen MR) is 73.2 cm³/mol. The molecule has 0 aromatic carbocycles. The first-order chi connectivity index (χ1) is 8.10. The Hall–Kier alpha value is -0.220. The third kappa shape index (κ3) is 3.16. The number of nitrogens with one attached hydrogen (secondary N) is 2. The van der Waals surface area contributed by atoms with E-state index in [0.717, 1.165) is 25.3 Å². The monoisotopic (exact) mass is 256 g/mol. The Balaban J connectivity index is 1.90. The van der Waals surface area contributed by atoms with Gasteiger partial charge in [-0.15, -0.1) is 0 Å². The van der Waals surface area contributed by atoms with E-state index in [4.69, 9.17) is 0 Å². The van der Waals surface area contributed by atoms with Crippen molar-refractivity contribution in [2.24, 2.45) is 11.3 Å². The number of hydrogen-bond donors (Lipinski definition) is 2. The van der Waals surface area contributed by atoms with Crippen molar-refractivity contribution in [3.05, 3.63) is 0 Å². The second-order valence-electron chi connectivity index (χ2n) is 5.80. The van der Waals surface area contributed by atoms with Crippen LogP contribution in [-0.2, 0) is 4.79 Å². The normalized spacial score (nSPS) is 30.2. The maximum Gasteiger partial charge on any atom is 0.226 e. The van der Waals surface area contributed by atoms with Crippen molar-refractivity contribution in [1.82, 2.24) is 10.6 Å². The van der Waals surface area contributed by atoms with E-state index in [-0.39, 0.29) is 11.3 Å².